The van der Waals surface area contributed by atoms with Crippen LogP contribution in [-0.4, -0.2) is 84.2 Å². The van der Waals surface area contributed by atoms with Gasteiger partial charge in [0.1, 0.15) is 17.6 Å². The highest BCUT2D eigenvalue weighted by Gasteiger charge is 2.37. The molecule has 3 fully saturated rings. The van der Waals surface area contributed by atoms with Gasteiger partial charge in [-0.05, 0) is 92.2 Å². The summed E-state index contributed by atoms with van der Waals surface area (Å²) < 4.78 is 17.0. The van der Waals surface area contributed by atoms with E-state index in [4.69, 9.17) is 14.2 Å². The Morgan fingerprint density at radius 1 is 0.960 bits per heavy atom. The summed E-state index contributed by atoms with van der Waals surface area (Å²) in [5.74, 6) is 0.332. The molecule has 5 N–H and O–H groups in total. The minimum Gasteiger partial charge on any atom is -0.506 e. The number of benzene rings is 3. The Morgan fingerprint density at radius 2 is 1.76 bits per heavy atom. The monoisotopic (exact) mass is 684 g/mol. The normalized spacial score (nSPS) is 19.4. The number of H-pyrrole nitrogens is 1. The summed E-state index contributed by atoms with van der Waals surface area (Å²) in [6.07, 6.45) is 2.03. The van der Waals surface area contributed by atoms with Crippen molar-refractivity contribution < 1.29 is 34.0 Å². The minimum atomic E-state index is -0.847. The zero-order chi connectivity index (χ0) is 34.9. The number of aromatic hydroxyl groups is 1. The van der Waals surface area contributed by atoms with Crippen LogP contribution in [-0.2, 0) is 14.3 Å². The second kappa shape index (κ2) is 16.7. The number of hydrogen-bond acceptors (Lipinski definition) is 10. The first-order valence-electron chi connectivity index (χ1n) is 17.2. The van der Waals surface area contributed by atoms with Gasteiger partial charge < -0.3 is 40.0 Å². The maximum atomic E-state index is 13.1. The number of aromatic nitrogens is 1. The number of carbonyl (C=O) groups excluding carboxylic acids is 2. The number of ether oxygens (including phenoxy) is 3. The molecule has 4 heterocycles. The summed E-state index contributed by atoms with van der Waals surface area (Å²) in [5.41, 5.74) is 2.23. The highest BCUT2D eigenvalue weighted by molar-refractivity contribution is 5.87. The lowest BCUT2D eigenvalue weighted by Crippen LogP contribution is -2.52. The van der Waals surface area contributed by atoms with Crippen molar-refractivity contribution in [2.24, 2.45) is 5.92 Å². The van der Waals surface area contributed by atoms with Gasteiger partial charge in [-0.25, -0.2) is 9.59 Å². The van der Waals surface area contributed by atoms with Crippen LogP contribution in [0.2, 0.25) is 0 Å². The number of alkyl carbamates (subject to hydrolysis) is 1. The summed E-state index contributed by atoms with van der Waals surface area (Å²) in [6.45, 7) is 3.74. The molecule has 1 amide bonds. The number of pyridine rings is 1. The predicted octanol–water partition coefficient (Wildman–Crippen LogP) is 4.17. The van der Waals surface area contributed by atoms with Crippen LogP contribution in [0.25, 0.3) is 10.9 Å². The van der Waals surface area contributed by atoms with E-state index >= 15 is 0 Å². The standard InChI is InChI=1S/C38H44N4O8/c43-31-13-11-29(30-12-14-34(45)40-37(30)31)32(44)22-39-17-4-5-20-48-35(46)24-49-28-10-6-9-27(21-28)36(26-7-2-1-3-8-26)41-38(47)50-33-23-42-18-15-25(33)16-19-42/h1-3,6-14,21,25,32-33,36,39,43-44H,4-5,15-20,22-24H2,(H,40,45)(H,41,47)/t32-,33-,36?/m0/s1. The summed E-state index contributed by atoms with van der Waals surface area (Å²) in [7, 11) is 0. The zero-order valence-corrected chi connectivity index (χ0v) is 27.9. The first-order valence-corrected chi connectivity index (χ1v) is 17.2. The number of piperidine rings is 3. The Kier molecular flexibility index (Phi) is 11.6. The fourth-order valence-electron chi connectivity index (χ4n) is 6.74. The van der Waals surface area contributed by atoms with E-state index in [1.54, 1.807) is 24.3 Å². The number of aliphatic hydroxyl groups is 1. The Balaban J connectivity index is 0.926. The van der Waals surface area contributed by atoms with Gasteiger partial charge in [0.2, 0.25) is 5.56 Å². The molecule has 3 saturated heterocycles. The van der Waals surface area contributed by atoms with Gasteiger partial charge in [0.05, 0.1) is 24.3 Å². The van der Waals surface area contributed by atoms with Gasteiger partial charge in [-0.3, -0.25) is 9.69 Å². The van der Waals surface area contributed by atoms with Crippen molar-refractivity contribution in [3.8, 4) is 11.5 Å². The average Bonchev–Trinajstić information content (AvgIpc) is 3.14. The number of carbonyl (C=O) groups is 2. The van der Waals surface area contributed by atoms with E-state index in [0.29, 0.717) is 42.0 Å². The molecule has 264 valence electrons. The van der Waals surface area contributed by atoms with Crippen LogP contribution in [0, 0.1) is 5.92 Å². The highest BCUT2D eigenvalue weighted by Crippen LogP contribution is 2.31. The Hall–Kier alpha value is -4.91. The van der Waals surface area contributed by atoms with Crippen LogP contribution < -0.4 is 20.9 Å². The molecule has 1 unspecified atom stereocenters. The van der Waals surface area contributed by atoms with Gasteiger partial charge in [0.15, 0.2) is 6.61 Å². The highest BCUT2D eigenvalue weighted by atomic mass is 16.6. The van der Waals surface area contributed by atoms with Crippen LogP contribution in [0.1, 0.15) is 54.5 Å². The Labute approximate surface area is 290 Å². The first kappa shape index (κ1) is 34.9. The second-order valence-corrected chi connectivity index (χ2v) is 12.9. The molecule has 12 heteroatoms. The molecule has 3 aliphatic rings. The Bertz CT molecular complexity index is 1810. The molecule has 0 radical (unpaired) electrons. The van der Waals surface area contributed by atoms with Crippen molar-refractivity contribution in [1.29, 1.82) is 0 Å². The number of phenols is 1. The van der Waals surface area contributed by atoms with Crippen molar-refractivity contribution in [1.82, 2.24) is 20.5 Å². The molecular weight excluding hydrogens is 640 g/mol. The summed E-state index contributed by atoms with van der Waals surface area (Å²) in [4.78, 5) is 42.1. The van der Waals surface area contributed by atoms with E-state index in [0.717, 1.165) is 43.6 Å². The Morgan fingerprint density at radius 3 is 2.54 bits per heavy atom. The number of aliphatic hydroxyl groups excluding tert-OH is 1. The lowest BCUT2D eigenvalue weighted by molar-refractivity contribution is -0.146. The summed E-state index contributed by atoms with van der Waals surface area (Å²) >= 11 is 0. The van der Waals surface area contributed by atoms with Gasteiger partial charge in [0, 0.05) is 24.5 Å². The fourth-order valence-corrected chi connectivity index (χ4v) is 6.74. The molecule has 1 aromatic heterocycles. The predicted molar refractivity (Wildman–Crippen MR) is 187 cm³/mol. The van der Waals surface area contributed by atoms with Crippen molar-refractivity contribution in [3.05, 3.63) is 106 Å². The van der Waals surface area contributed by atoms with Gasteiger partial charge >= 0.3 is 12.1 Å². The van der Waals surface area contributed by atoms with E-state index in [-0.39, 0.29) is 42.7 Å². The molecule has 50 heavy (non-hydrogen) atoms. The molecular formula is C38H44N4O8. The molecule has 4 aromatic rings. The van der Waals surface area contributed by atoms with Crippen molar-refractivity contribution >= 4 is 23.0 Å². The third kappa shape index (κ3) is 9.00. The van der Waals surface area contributed by atoms with Crippen LogP contribution in [0.3, 0.4) is 0 Å². The van der Waals surface area contributed by atoms with E-state index in [2.05, 4.69) is 20.5 Å². The molecule has 3 aromatic carbocycles. The number of unbranched alkanes of at least 4 members (excludes halogenated alkanes) is 1. The van der Waals surface area contributed by atoms with Crippen molar-refractivity contribution in [2.45, 2.75) is 43.9 Å². The zero-order valence-electron chi connectivity index (χ0n) is 27.9. The molecule has 12 nitrogen and oxygen atoms in total. The van der Waals surface area contributed by atoms with Gasteiger partial charge in [0.25, 0.3) is 0 Å². The lowest BCUT2D eigenvalue weighted by atomic mass is 9.86. The van der Waals surface area contributed by atoms with Crippen LogP contribution in [0.5, 0.6) is 11.5 Å². The molecule has 0 spiro atoms. The molecule has 3 aliphatic heterocycles. The van der Waals surface area contributed by atoms with E-state index in [1.165, 1.54) is 12.1 Å². The number of fused-ring (bicyclic) bond motifs is 4. The number of nitrogens with zero attached hydrogens (tertiary/aromatic N) is 1. The quantitative estimate of drug-likeness (QED) is 0.0908. The number of aromatic amines is 1. The third-order valence-electron chi connectivity index (χ3n) is 9.41. The molecule has 0 saturated carbocycles. The second-order valence-electron chi connectivity index (χ2n) is 12.9. The summed E-state index contributed by atoms with van der Waals surface area (Å²) in [6, 6.07) is 22.5. The van der Waals surface area contributed by atoms with Crippen LogP contribution in [0.15, 0.2) is 83.7 Å². The van der Waals surface area contributed by atoms with E-state index in [1.807, 2.05) is 42.5 Å². The van der Waals surface area contributed by atoms with Gasteiger partial charge in [-0.15, -0.1) is 0 Å². The summed E-state index contributed by atoms with van der Waals surface area (Å²) in [5, 5.41) is 27.6. The molecule has 0 aliphatic carbocycles. The molecule has 2 bridgehead atoms. The van der Waals surface area contributed by atoms with Crippen LogP contribution >= 0.6 is 0 Å². The number of rotatable bonds is 15. The molecule has 7 rings (SSSR count). The smallest absolute Gasteiger partial charge is 0.408 e. The van der Waals surface area contributed by atoms with Crippen molar-refractivity contribution in [2.75, 3.05) is 45.9 Å². The number of amides is 1. The van der Waals surface area contributed by atoms with Gasteiger partial charge in [-0.1, -0.05) is 48.5 Å². The third-order valence-corrected chi connectivity index (χ3v) is 9.41. The van der Waals surface area contributed by atoms with Crippen LogP contribution in [0.4, 0.5) is 4.79 Å². The van der Waals surface area contributed by atoms with Crippen molar-refractivity contribution in [3.63, 3.8) is 0 Å². The molecule has 3 atom stereocenters. The van der Waals surface area contributed by atoms with E-state index < -0.39 is 24.2 Å². The maximum Gasteiger partial charge on any atom is 0.408 e. The van der Waals surface area contributed by atoms with E-state index in [9.17, 15) is 24.6 Å². The average molecular weight is 685 g/mol. The number of phenolic OH excluding ortho intramolecular Hbond substituents is 1. The number of nitrogens with one attached hydrogen (secondary N) is 3. The lowest BCUT2D eigenvalue weighted by Gasteiger charge is -2.43. The fraction of sp³-hybridized carbons (Fsp3) is 0.395. The minimum absolute atomic E-state index is 0.0578. The number of hydrogen-bond donors (Lipinski definition) is 5. The number of esters is 1. The SMILES string of the molecule is O=C(COc1cccc(C(NC(=O)O[C@H]2CN3CCC2CC3)c2ccccc2)c1)OCCCCNC[C@H](O)c1ccc(O)c2[nH]c(=O)ccc12. The topological polar surface area (TPSA) is 162 Å². The van der Waals surface area contributed by atoms with Gasteiger partial charge in [-0.2, -0.15) is 0 Å². The first-order chi connectivity index (χ1) is 24.3. The largest absolute Gasteiger partial charge is 0.506 e. The maximum absolute atomic E-state index is 13.1.